The summed E-state index contributed by atoms with van der Waals surface area (Å²) in [6, 6.07) is 7.60. The number of hydrogen-bond acceptors (Lipinski definition) is 6. The Bertz CT molecular complexity index is 662. The molecule has 1 amide bonds. The first kappa shape index (κ1) is 18.1. The number of aromatic nitrogens is 2. The van der Waals surface area contributed by atoms with E-state index in [2.05, 4.69) is 20.8 Å². The van der Waals surface area contributed by atoms with Gasteiger partial charge in [0.25, 0.3) is 5.91 Å². The van der Waals surface area contributed by atoms with Crippen LogP contribution in [0.4, 0.5) is 5.13 Å². The van der Waals surface area contributed by atoms with Crippen LogP contribution in [0, 0.1) is 0 Å². The van der Waals surface area contributed by atoms with Crippen LogP contribution in [0.2, 0.25) is 5.02 Å². The summed E-state index contributed by atoms with van der Waals surface area (Å²) in [5.74, 6) is -0.197. The fraction of sp³-hybridized carbons (Fsp3) is 0.357. The number of rotatable bonds is 4. The maximum atomic E-state index is 12.0. The molecule has 1 aliphatic heterocycles. The zero-order valence-electron chi connectivity index (χ0n) is 12.1. The first-order chi connectivity index (χ1) is 10.7. The Morgan fingerprint density at radius 3 is 3.09 bits per heavy atom. The maximum absolute atomic E-state index is 12.0. The largest absolute Gasteiger partial charge is 0.366 e. The number of nitrogens with one attached hydrogen (secondary N) is 2. The summed E-state index contributed by atoms with van der Waals surface area (Å²) in [4.78, 5) is 12.0. The van der Waals surface area contributed by atoms with Gasteiger partial charge in [0, 0.05) is 24.5 Å². The third-order valence-corrected chi connectivity index (χ3v) is 4.24. The van der Waals surface area contributed by atoms with Crippen LogP contribution < -0.4 is 10.6 Å². The summed E-state index contributed by atoms with van der Waals surface area (Å²) in [5, 5.41) is 15.9. The lowest BCUT2D eigenvalue weighted by atomic mass is 10.2. The number of anilines is 1. The van der Waals surface area contributed by atoms with Gasteiger partial charge in [-0.3, -0.25) is 10.1 Å². The van der Waals surface area contributed by atoms with Crippen molar-refractivity contribution in [3.63, 3.8) is 0 Å². The number of hydrogen-bond donors (Lipinski definition) is 2. The third-order valence-electron chi connectivity index (χ3n) is 3.16. The molecule has 1 aromatic heterocycles. The molecule has 0 bridgehead atoms. The summed E-state index contributed by atoms with van der Waals surface area (Å²) in [5.41, 5.74) is 1.06. The van der Waals surface area contributed by atoms with Gasteiger partial charge in [0.1, 0.15) is 11.1 Å². The van der Waals surface area contributed by atoms with Gasteiger partial charge in [0.05, 0.1) is 6.61 Å². The van der Waals surface area contributed by atoms with Gasteiger partial charge in [0.15, 0.2) is 0 Å². The fourth-order valence-corrected chi connectivity index (χ4v) is 3.11. The van der Waals surface area contributed by atoms with E-state index in [-0.39, 0.29) is 18.3 Å². The first-order valence-electron chi connectivity index (χ1n) is 6.91. The lowest BCUT2D eigenvalue weighted by molar-refractivity contribution is -0.128. The van der Waals surface area contributed by atoms with Crippen LogP contribution in [0.5, 0.6) is 0 Å². The number of amides is 1. The SMILES string of the molecule is Cl.O=C(Nc1nnc(Cc2cccc(Cl)c2)s1)C1CNCCO1. The predicted octanol–water partition coefficient (Wildman–Crippen LogP) is 2.13. The molecule has 1 aromatic carbocycles. The minimum atomic E-state index is -0.478. The molecule has 3 rings (SSSR count). The van der Waals surface area contributed by atoms with Gasteiger partial charge >= 0.3 is 0 Å². The molecule has 0 spiro atoms. The van der Waals surface area contributed by atoms with E-state index in [4.69, 9.17) is 16.3 Å². The standard InChI is InChI=1S/C14H15ClN4O2S.ClH/c15-10-3-1-2-9(6-10)7-12-18-19-14(22-12)17-13(20)11-8-16-4-5-21-11;/h1-3,6,11,16H,4-5,7-8H2,(H,17,19,20);1H. The molecule has 1 unspecified atom stereocenters. The molecule has 23 heavy (non-hydrogen) atoms. The Labute approximate surface area is 149 Å². The lowest BCUT2D eigenvalue weighted by Crippen LogP contribution is -2.45. The van der Waals surface area contributed by atoms with Crippen molar-refractivity contribution in [2.24, 2.45) is 0 Å². The van der Waals surface area contributed by atoms with E-state index >= 15 is 0 Å². The Morgan fingerprint density at radius 2 is 2.35 bits per heavy atom. The number of carbonyl (C=O) groups excluding carboxylic acids is 1. The Hall–Kier alpha value is -1.25. The van der Waals surface area contributed by atoms with Gasteiger partial charge in [-0.05, 0) is 17.7 Å². The summed E-state index contributed by atoms with van der Waals surface area (Å²) < 4.78 is 5.39. The second-order valence-electron chi connectivity index (χ2n) is 4.86. The average molecular weight is 375 g/mol. The summed E-state index contributed by atoms with van der Waals surface area (Å²) in [7, 11) is 0. The molecule has 0 aliphatic carbocycles. The molecule has 2 N–H and O–H groups in total. The molecule has 6 nitrogen and oxygen atoms in total. The maximum Gasteiger partial charge on any atom is 0.256 e. The molecule has 124 valence electrons. The number of carbonyl (C=O) groups is 1. The molecule has 9 heteroatoms. The minimum Gasteiger partial charge on any atom is -0.366 e. The van der Waals surface area contributed by atoms with Gasteiger partial charge in [-0.15, -0.1) is 22.6 Å². The highest BCUT2D eigenvalue weighted by Gasteiger charge is 2.22. The number of ether oxygens (including phenoxy) is 1. The Balaban J connectivity index is 0.00000192. The number of halogens is 2. The molecule has 1 atom stereocenters. The van der Waals surface area contributed by atoms with Crippen LogP contribution in [-0.2, 0) is 16.0 Å². The highest BCUT2D eigenvalue weighted by atomic mass is 35.5. The summed E-state index contributed by atoms with van der Waals surface area (Å²) in [6.07, 6.45) is 0.157. The van der Waals surface area contributed by atoms with E-state index in [1.807, 2.05) is 24.3 Å². The van der Waals surface area contributed by atoms with Crippen molar-refractivity contribution in [2.75, 3.05) is 25.0 Å². The quantitative estimate of drug-likeness (QED) is 0.856. The molecule has 1 fully saturated rings. The van der Waals surface area contributed by atoms with Crippen molar-refractivity contribution in [3.8, 4) is 0 Å². The molecular formula is C14H16Cl2N4O2S. The topological polar surface area (TPSA) is 76.1 Å². The van der Waals surface area contributed by atoms with Crippen LogP contribution in [0.15, 0.2) is 24.3 Å². The van der Waals surface area contributed by atoms with E-state index in [1.54, 1.807) is 0 Å². The van der Waals surface area contributed by atoms with Crippen molar-refractivity contribution >= 4 is 46.4 Å². The molecule has 2 heterocycles. The molecule has 1 aliphatic rings. The van der Waals surface area contributed by atoms with Gasteiger partial charge in [-0.25, -0.2) is 0 Å². The molecular weight excluding hydrogens is 359 g/mol. The summed E-state index contributed by atoms with van der Waals surface area (Å²) in [6.45, 7) is 1.82. The van der Waals surface area contributed by atoms with Crippen molar-refractivity contribution in [1.82, 2.24) is 15.5 Å². The van der Waals surface area contributed by atoms with Gasteiger partial charge < -0.3 is 10.1 Å². The second-order valence-corrected chi connectivity index (χ2v) is 6.36. The van der Waals surface area contributed by atoms with Gasteiger partial charge in [-0.2, -0.15) is 0 Å². The lowest BCUT2D eigenvalue weighted by Gasteiger charge is -2.21. The first-order valence-corrected chi connectivity index (χ1v) is 8.10. The highest BCUT2D eigenvalue weighted by molar-refractivity contribution is 7.15. The second kappa shape index (κ2) is 8.56. The van der Waals surface area contributed by atoms with E-state index in [0.717, 1.165) is 17.1 Å². The fourth-order valence-electron chi connectivity index (χ4n) is 2.12. The smallest absolute Gasteiger partial charge is 0.256 e. The molecule has 0 saturated carbocycles. The van der Waals surface area contributed by atoms with Crippen LogP contribution in [0.1, 0.15) is 10.6 Å². The monoisotopic (exact) mass is 374 g/mol. The van der Waals surface area contributed by atoms with Crippen molar-refractivity contribution in [2.45, 2.75) is 12.5 Å². The number of nitrogens with zero attached hydrogens (tertiary/aromatic N) is 2. The zero-order valence-corrected chi connectivity index (χ0v) is 14.5. The molecule has 2 aromatic rings. The van der Waals surface area contributed by atoms with E-state index < -0.39 is 6.10 Å². The third kappa shape index (κ3) is 5.12. The molecule has 0 radical (unpaired) electrons. The van der Waals surface area contributed by atoms with Crippen molar-refractivity contribution in [3.05, 3.63) is 39.9 Å². The van der Waals surface area contributed by atoms with Crippen LogP contribution in [-0.4, -0.2) is 41.9 Å². The average Bonchev–Trinajstić information content (AvgIpc) is 2.95. The Kier molecular flexibility index (Phi) is 6.73. The van der Waals surface area contributed by atoms with Gasteiger partial charge in [0.2, 0.25) is 5.13 Å². The van der Waals surface area contributed by atoms with Gasteiger partial charge in [-0.1, -0.05) is 35.1 Å². The van der Waals surface area contributed by atoms with E-state index in [1.165, 1.54) is 11.3 Å². The van der Waals surface area contributed by atoms with Crippen LogP contribution in [0.3, 0.4) is 0 Å². The number of benzene rings is 1. The van der Waals surface area contributed by atoms with E-state index in [9.17, 15) is 4.79 Å². The molecule has 1 saturated heterocycles. The zero-order chi connectivity index (χ0) is 15.4. The highest BCUT2D eigenvalue weighted by Crippen LogP contribution is 2.20. The minimum absolute atomic E-state index is 0. The number of morpholine rings is 1. The normalized spacial score (nSPS) is 17.3. The predicted molar refractivity (Wildman–Crippen MR) is 92.7 cm³/mol. The summed E-state index contributed by atoms with van der Waals surface area (Å²) >= 11 is 7.31. The van der Waals surface area contributed by atoms with Crippen LogP contribution in [0.25, 0.3) is 0 Å². The van der Waals surface area contributed by atoms with Crippen molar-refractivity contribution in [1.29, 1.82) is 0 Å². The Morgan fingerprint density at radius 1 is 1.48 bits per heavy atom. The van der Waals surface area contributed by atoms with Crippen molar-refractivity contribution < 1.29 is 9.53 Å². The van der Waals surface area contributed by atoms with E-state index in [0.29, 0.717) is 29.7 Å². The van der Waals surface area contributed by atoms with Crippen LogP contribution >= 0.6 is 35.3 Å².